The number of nitrogens with zero attached hydrogens (tertiary/aromatic N) is 3. The fourth-order valence-corrected chi connectivity index (χ4v) is 4.83. The SMILES string of the molecule is Cc1cc(/C=c2\sc3nc4ccccc4n3c2=O)ccc1N1CCCC1. The van der Waals surface area contributed by atoms with Crippen LogP contribution in [0.25, 0.3) is 22.1 Å². The first-order valence-electron chi connectivity index (χ1n) is 8.98. The first kappa shape index (κ1) is 15.6. The second-order valence-electron chi connectivity index (χ2n) is 6.87. The summed E-state index contributed by atoms with van der Waals surface area (Å²) in [5.74, 6) is 0. The van der Waals surface area contributed by atoms with Gasteiger partial charge in [-0.15, -0.1) is 0 Å². The molecule has 26 heavy (non-hydrogen) atoms. The van der Waals surface area contributed by atoms with Crippen LogP contribution in [-0.2, 0) is 0 Å². The lowest BCUT2D eigenvalue weighted by Crippen LogP contribution is -2.22. The summed E-state index contributed by atoms with van der Waals surface area (Å²) in [7, 11) is 0. The van der Waals surface area contributed by atoms with Gasteiger partial charge in [0.15, 0.2) is 4.96 Å². The van der Waals surface area contributed by atoms with Crippen LogP contribution in [0.1, 0.15) is 24.0 Å². The fourth-order valence-electron chi connectivity index (χ4n) is 3.84. The van der Waals surface area contributed by atoms with Gasteiger partial charge in [-0.2, -0.15) is 0 Å². The summed E-state index contributed by atoms with van der Waals surface area (Å²) in [6.45, 7) is 4.44. The second-order valence-corrected chi connectivity index (χ2v) is 7.88. The highest BCUT2D eigenvalue weighted by molar-refractivity contribution is 7.15. The van der Waals surface area contributed by atoms with Crippen molar-refractivity contribution in [3.05, 3.63) is 68.5 Å². The quantitative estimate of drug-likeness (QED) is 0.549. The Morgan fingerprint density at radius 2 is 1.92 bits per heavy atom. The lowest BCUT2D eigenvalue weighted by molar-refractivity contribution is 0.949. The zero-order valence-corrected chi connectivity index (χ0v) is 15.4. The topological polar surface area (TPSA) is 37.6 Å². The molecular formula is C21H19N3OS. The number of benzene rings is 2. The fraction of sp³-hybridized carbons (Fsp3) is 0.238. The Hall–Kier alpha value is -2.66. The highest BCUT2D eigenvalue weighted by atomic mass is 32.1. The Morgan fingerprint density at radius 1 is 1.12 bits per heavy atom. The van der Waals surface area contributed by atoms with Crippen molar-refractivity contribution in [3.63, 3.8) is 0 Å². The van der Waals surface area contributed by atoms with Crippen LogP contribution in [-0.4, -0.2) is 22.5 Å². The zero-order chi connectivity index (χ0) is 17.7. The summed E-state index contributed by atoms with van der Waals surface area (Å²) in [5, 5.41) is 0. The molecule has 0 radical (unpaired) electrons. The summed E-state index contributed by atoms with van der Waals surface area (Å²) in [5.41, 5.74) is 5.40. The molecule has 1 aliphatic heterocycles. The third-order valence-electron chi connectivity index (χ3n) is 5.11. The van der Waals surface area contributed by atoms with Crippen molar-refractivity contribution in [2.75, 3.05) is 18.0 Å². The first-order valence-corrected chi connectivity index (χ1v) is 9.80. The van der Waals surface area contributed by atoms with Crippen molar-refractivity contribution in [3.8, 4) is 0 Å². The van der Waals surface area contributed by atoms with Crippen molar-refractivity contribution < 1.29 is 0 Å². The van der Waals surface area contributed by atoms with E-state index >= 15 is 0 Å². The van der Waals surface area contributed by atoms with Gasteiger partial charge < -0.3 is 4.90 Å². The predicted octanol–water partition coefficient (Wildman–Crippen LogP) is 3.37. The van der Waals surface area contributed by atoms with Crippen molar-refractivity contribution in [2.45, 2.75) is 19.8 Å². The van der Waals surface area contributed by atoms with Crippen LogP contribution in [0.5, 0.6) is 0 Å². The van der Waals surface area contributed by atoms with Crippen LogP contribution in [0.3, 0.4) is 0 Å². The van der Waals surface area contributed by atoms with Crippen molar-refractivity contribution in [1.82, 2.24) is 9.38 Å². The number of hydrogen-bond donors (Lipinski definition) is 0. The molecule has 4 nitrogen and oxygen atoms in total. The number of hydrogen-bond acceptors (Lipinski definition) is 4. The van der Waals surface area contributed by atoms with E-state index in [1.165, 1.54) is 35.4 Å². The highest BCUT2D eigenvalue weighted by Gasteiger charge is 2.14. The van der Waals surface area contributed by atoms with Gasteiger partial charge in [0, 0.05) is 18.8 Å². The predicted molar refractivity (Wildman–Crippen MR) is 108 cm³/mol. The Morgan fingerprint density at radius 3 is 2.73 bits per heavy atom. The molecule has 1 aliphatic rings. The smallest absolute Gasteiger partial charge is 0.274 e. The molecule has 3 heterocycles. The molecule has 0 aliphatic carbocycles. The van der Waals surface area contributed by atoms with Gasteiger partial charge in [0.25, 0.3) is 5.56 Å². The van der Waals surface area contributed by atoms with E-state index < -0.39 is 0 Å². The molecule has 0 unspecified atom stereocenters. The molecule has 1 saturated heterocycles. The number of anilines is 1. The zero-order valence-electron chi connectivity index (χ0n) is 14.6. The van der Waals surface area contributed by atoms with Gasteiger partial charge in [0.05, 0.1) is 15.6 Å². The molecule has 2 aromatic carbocycles. The summed E-state index contributed by atoms with van der Waals surface area (Å²) < 4.78 is 2.45. The van der Waals surface area contributed by atoms with E-state index in [4.69, 9.17) is 0 Å². The standard InChI is InChI=1S/C21H19N3OS/c1-14-12-15(8-9-17(14)23-10-4-5-11-23)13-19-20(25)24-18-7-3-2-6-16(18)22-21(24)26-19/h2-3,6-9,12-13H,4-5,10-11H2,1H3/b19-13-. The molecule has 4 aromatic rings. The van der Waals surface area contributed by atoms with Gasteiger partial charge in [0.2, 0.25) is 0 Å². The molecule has 0 atom stereocenters. The molecule has 0 bridgehead atoms. The molecule has 1 fully saturated rings. The third-order valence-corrected chi connectivity index (χ3v) is 6.08. The normalized spacial score (nSPS) is 15.6. The maximum atomic E-state index is 12.9. The minimum atomic E-state index is 0.0139. The second kappa shape index (κ2) is 5.95. The number of thiazole rings is 1. The summed E-state index contributed by atoms with van der Waals surface area (Å²) >= 11 is 1.45. The maximum absolute atomic E-state index is 12.9. The van der Waals surface area contributed by atoms with Crippen LogP contribution < -0.4 is 15.0 Å². The summed E-state index contributed by atoms with van der Waals surface area (Å²) in [4.78, 5) is 20.6. The van der Waals surface area contributed by atoms with Crippen molar-refractivity contribution >= 4 is 39.1 Å². The molecule has 130 valence electrons. The number of rotatable bonds is 2. The Balaban J connectivity index is 1.61. The maximum Gasteiger partial charge on any atom is 0.274 e. The van der Waals surface area contributed by atoms with Gasteiger partial charge in [0.1, 0.15) is 0 Å². The van der Waals surface area contributed by atoms with Crippen molar-refractivity contribution in [1.29, 1.82) is 0 Å². The minimum Gasteiger partial charge on any atom is -0.371 e. The Kier molecular flexibility index (Phi) is 3.57. The third kappa shape index (κ3) is 2.42. The van der Waals surface area contributed by atoms with E-state index in [1.54, 1.807) is 4.40 Å². The molecule has 0 saturated carbocycles. The monoisotopic (exact) mass is 361 g/mol. The van der Waals surface area contributed by atoms with Gasteiger partial charge >= 0.3 is 0 Å². The minimum absolute atomic E-state index is 0.0139. The van der Waals surface area contributed by atoms with Crippen LogP contribution >= 0.6 is 11.3 Å². The van der Waals surface area contributed by atoms with Crippen molar-refractivity contribution in [2.24, 2.45) is 0 Å². The van der Waals surface area contributed by atoms with Crippen LogP contribution in [0.15, 0.2) is 47.3 Å². The van der Waals surface area contributed by atoms with Crippen LogP contribution in [0.4, 0.5) is 5.69 Å². The highest BCUT2D eigenvalue weighted by Crippen LogP contribution is 2.25. The Bertz CT molecular complexity index is 1230. The van der Waals surface area contributed by atoms with Gasteiger partial charge in [-0.05, 0) is 61.2 Å². The number of aryl methyl sites for hydroxylation is 1. The largest absolute Gasteiger partial charge is 0.371 e. The van der Waals surface area contributed by atoms with E-state index in [2.05, 4.69) is 35.0 Å². The molecule has 0 amide bonds. The number of aromatic nitrogens is 2. The van der Waals surface area contributed by atoms with E-state index in [0.717, 1.165) is 39.2 Å². The summed E-state index contributed by atoms with van der Waals surface area (Å²) in [6.07, 6.45) is 4.53. The van der Waals surface area contributed by atoms with Gasteiger partial charge in [-0.25, -0.2) is 9.38 Å². The molecule has 5 heteroatoms. The number of para-hydroxylation sites is 2. The number of imidazole rings is 1. The average Bonchev–Trinajstić information content (AvgIpc) is 3.33. The lowest BCUT2D eigenvalue weighted by atomic mass is 10.1. The van der Waals surface area contributed by atoms with E-state index in [-0.39, 0.29) is 5.56 Å². The molecule has 0 N–H and O–H groups in total. The summed E-state index contributed by atoms with van der Waals surface area (Å²) in [6, 6.07) is 14.2. The first-order chi connectivity index (χ1) is 12.7. The Labute approximate surface area is 155 Å². The van der Waals surface area contributed by atoms with E-state index in [9.17, 15) is 4.79 Å². The molecule has 5 rings (SSSR count). The van der Waals surface area contributed by atoms with E-state index in [0.29, 0.717) is 0 Å². The molecule has 0 spiro atoms. The lowest BCUT2D eigenvalue weighted by Gasteiger charge is -2.20. The van der Waals surface area contributed by atoms with Crippen LogP contribution in [0, 0.1) is 6.92 Å². The number of fused-ring (bicyclic) bond motifs is 3. The van der Waals surface area contributed by atoms with Crippen LogP contribution in [0.2, 0.25) is 0 Å². The molecule has 2 aromatic heterocycles. The van der Waals surface area contributed by atoms with Gasteiger partial charge in [-0.1, -0.05) is 29.5 Å². The average molecular weight is 361 g/mol. The van der Waals surface area contributed by atoms with E-state index in [1.807, 2.05) is 30.3 Å². The molecular weight excluding hydrogens is 342 g/mol. The van der Waals surface area contributed by atoms with Gasteiger partial charge in [-0.3, -0.25) is 4.79 Å².